The summed E-state index contributed by atoms with van der Waals surface area (Å²) in [5.41, 5.74) is 0. The fourth-order valence-electron chi connectivity index (χ4n) is 4.00. The lowest BCUT2D eigenvalue weighted by molar-refractivity contribution is 0.0362. The Hall–Kier alpha value is -1.64. The maximum atomic E-state index is 12.2. The van der Waals surface area contributed by atoms with Gasteiger partial charge in [-0.1, -0.05) is 0 Å². The molecule has 0 radical (unpaired) electrons. The van der Waals surface area contributed by atoms with E-state index in [0.717, 1.165) is 71.3 Å². The number of amides is 1. The van der Waals surface area contributed by atoms with E-state index in [1.807, 2.05) is 28.9 Å². The molecule has 4 rings (SSSR count). The molecule has 0 bridgehead atoms. The predicted molar refractivity (Wildman–Crippen MR) is 91.1 cm³/mol. The van der Waals surface area contributed by atoms with Crippen LogP contribution in [0, 0.1) is 0 Å². The number of hydrogen-bond donors (Lipinski definition) is 0. The van der Waals surface area contributed by atoms with Crippen LogP contribution in [0.5, 0.6) is 0 Å². The maximum Gasteiger partial charge on any atom is 0.410 e. The molecule has 3 fully saturated rings. The lowest BCUT2D eigenvalue weighted by Crippen LogP contribution is -2.41. The number of hydrogen-bond acceptors (Lipinski definition) is 6. The maximum absolute atomic E-state index is 12.2. The Morgan fingerprint density at radius 2 is 2.04 bits per heavy atom. The van der Waals surface area contributed by atoms with E-state index in [9.17, 15) is 4.79 Å². The van der Waals surface area contributed by atoms with Crippen LogP contribution in [0.25, 0.3) is 0 Å². The highest BCUT2D eigenvalue weighted by atomic mass is 16.6. The number of aromatic nitrogens is 2. The van der Waals surface area contributed by atoms with E-state index in [2.05, 4.69) is 14.8 Å². The molecule has 1 aromatic rings. The first kappa shape index (κ1) is 16.8. The molecule has 0 spiro atoms. The van der Waals surface area contributed by atoms with Crippen molar-refractivity contribution >= 4 is 6.09 Å². The van der Waals surface area contributed by atoms with Crippen molar-refractivity contribution in [2.24, 2.45) is 7.05 Å². The Balaban J connectivity index is 1.28. The van der Waals surface area contributed by atoms with E-state index in [0.29, 0.717) is 0 Å². The molecule has 3 aliphatic rings. The van der Waals surface area contributed by atoms with E-state index >= 15 is 0 Å². The van der Waals surface area contributed by atoms with Crippen LogP contribution in [0.1, 0.15) is 12.2 Å². The number of imidazole rings is 1. The fraction of sp³-hybridized carbons (Fsp3) is 0.765. The predicted octanol–water partition coefficient (Wildman–Crippen LogP) is 0.147. The topological polar surface area (TPSA) is 63.1 Å². The van der Waals surface area contributed by atoms with Crippen LogP contribution in [0.15, 0.2) is 12.4 Å². The third kappa shape index (κ3) is 3.65. The molecule has 3 saturated heterocycles. The highest BCUT2D eigenvalue weighted by molar-refractivity contribution is 5.71. The molecule has 0 saturated carbocycles. The van der Waals surface area contributed by atoms with Crippen LogP contribution in [0.3, 0.4) is 0 Å². The normalized spacial score (nSPS) is 27.7. The van der Waals surface area contributed by atoms with Gasteiger partial charge >= 0.3 is 6.09 Å². The minimum Gasteiger partial charge on any atom is -0.442 e. The average Bonchev–Trinajstić information content (AvgIpc) is 3.26. The van der Waals surface area contributed by atoms with Gasteiger partial charge < -0.3 is 18.9 Å². The van der Waals surface area contributed by atoms with Gasteiger partial charge in [-0.2, -0.15) is 0 Å². The zero-order chi connectivity index (χ0) is 17.2. The number of rotatable bonds is 6. The Labute approximate surface area is 148 Å². The quantitative estimate of drug-likeness (QED) is 0.728. The fourth-order valence-corrected chi connectivity index (χ4v) is 4.00. The summed E-state index contributed by atoms with van der Waals surface area (Å²) in [6.45, 7) is 7.87. The Morgan fingerprint density at radius 3 is 2.80 bits per heavy atom. The molecule has 0 aliphatic carbocycles. The molecular formula is C17H27N5O3. The molecular weight excluding hydrogens is 322 g/mol. The number of nitrogens with zero attached hydrogens (tertiary/aromatic N) is 5. The van der Waals surface area contributed by atoms with Gasteiger partial charge in [0.25, 0.3) is 0 Å². The van der Waals surface area contributed by atoms with Gasteiger partial charge in [-0.15, -0.1) is 0 Å². The first-order valence-corrected chi connectivity index (χ1v) is 9.16. The summed E-state index contributed by atoms with van der Waals surface area (Å²) < 4.78 is 13.0. The zero-order valence-electron chi connectivity index (χ0n) is 14.8. The molecule has 4 heterocycles. The van der Waals surface area contributed by atoms with Crippen molar-refractivity contribution in [1.82, 2.24) is 24.3 Å². The van der Waals surface area contributed by atoms with Crippen LogP contribution in [0.4, 0.5) is 4.79 Å². The van der Waals surface area contributed by atoms with Crippen molar-refractivity contribution in [2.45, 2.75) is 25.1 Å². The molecule has 1 aromatic heterocycles. The molecule has 3 aliphatic heterocycles. The van der Waals surface area contributed by atoms with Crippen LogP contribution in [0.2, 0.25) is 0 Å². The summed E-state index contributed by atoms with van der Waals surface area (Å²) in [6.07, 6.45) is 4.62. The van der Waals surface area contributed by atoms with Gasteiger partial charge in [0.05, 0.1) is 25.8 Å². The summed E-state index contributed by atoms with van der Waals surface area (Å²) >= 11 is 0. The van der Waals surface area contributed by atoms with E-state index in [1.54, 1.807) is 0 Å². The number of carbonyl (C=O) groups is 1. The second kappa shape index (κ2) is 7.31. The smallest absolute Gasteiger partial charge is 0.410 e. The molecule has 0 N–H and O–H groups in total. The minimum atomic E-state index is -0.145. The third-order valence-electron chi connectivity index (χ3n) is 5.46. The first-order valence-electron chi connectivity index (χ1n) is 9.16. The second-order valence-electron chi connectivity index (χ2n) is 7.14. The number of likely N-dealkylation sites (tertiary alicyclic amines) is 1. The highest BCUT2D eigenvalue weighted by Crippen LogP contribution is 2.27. The van der Waals surface area contributed by atoms with Crippen molar-refractivity contribution in [3.8, 4) is 0 Å². The second-order valence-corrected chi connectivity index (χ2v) is 7.14. The lowest BCUT2D eigenvalue weighted by Gasteiger charge is -2.28. The van der Waals surface area contributed by atoms with Crippen LogP contribution >= 0.6 is 0 Å². The highest BCUT2D eigenvalue weighted by Gasteiger charge is 2.47. The molecule has 0 aromatic carbocycles. The molecule has 0 unspecified atom stereocenters. The summed E-state index contributed by atoms with van der Waals surface area (Å²) in [5, 5.41) is 0. The van der Waals surface area contributed by atoms with Gasteiger partial charge in [0.2, 0.25) is 0 Å². The van der Waals surface area contributed by atoms with Gasteiger partial charge in [-0.3, -0.25) is 9.80 Å². The van der Waals surface area contributed by atoms with Gasteiger partial charge in [0, 0.05) is 58.7 Å². The average molecular weight is 349 g/mol. The standard InChI is InChI=1S/C17H27N5O3/c1-19-6-3-18-16(19)13-21-11-14-15(12-21)25-17(23)22(14)5-2-4-20-7-9-24-10-8-20/h3,6,14-15H,2,4-5,7-13H2,1H3/t14-,15+/m0/s1. The Bertz CT molecular complexity index is 601. The summed E-state index contributed by atoms with van der Waals surface area (Å²) in [6, 6.07) is 0.178. The number of morpholine rings is 1. The number of carbonyl (C=O) groups excluding carboxylic acids is 1. The van der Waals surface area contributed by atoms with Crippen LogP contribution < -0.4 is 0 Å². The molecule has 8 nitrogen and oxygen atoms in total. The Morgan fingerprint density at radius 1 is 1.20 bits per heavy atom. The van der Waals surface area contributed by atoms with Crippen molar-refractivity contribution in [3.63, 3.8) is 0 Å². The molecule has 25 heavy (non-hydrogen) atoms. The van der Waals surface area contributed by atoms with Crippen molar-refractivity contribution in [1.29, 1.82) is 0 Å². The van der Waals surface area contributed by atoms with E-state index in [1.165, 1.54) is 0 Å². The molecule has 2 atom stereocenters. The van der Waals surface area contributed by atoms with Crippen molar-refractivity contribution < 1.29 is 14.3 Å². The first-order chi connectivity index (χ1) is 12.2. The van der Waals surface area contributed by atoms with Crippen molar-refractivity contribution in [2.75, 3.05) is 52.5 Å². The summed E-state index contributed by atoms with van der Waals surface area (Å²) in [5.74, 6) is 1.05. The number of fused-ring (bicyclic) bond motifs is 1. The van der Waals surface area contributed by atoms with Gasteiger partial charge in [-0.25, -0.2) is 9.78 Å². The molecule has 138 valence electrons. The van der Waals surface area contributed by atoms with Gasteiger partial charge in [-0.05, 0) is 6.42 Å². The van der Waals surface area contributed by atoms with Crippen molar-refractivity contribution in [3.05, 3.63) is 18.2 Å². The minimum absolute atomic E-state index is 0.00356. The number of aryl methyl sites for hydroxylation is 1. The summed E-state index contributed by atoms with van der Waals surface area (Å²) in [4.78, 5) is 23.2. The van der Waals surface area contributed by atoms with E-state index in [-0.39, 0.29) is 18.2 Å². The van der Waals surface area contributed by atoms with E-state index in [4.69, 9.17) is 9.47 Å². The Kier molecular flexibility index (Phi) is 4.91. The summed E-state index contributed by atoms with van der Waals surface area (Å²) in [7, 11) is 2.01. The zero-order valence-corrected chi connectivity index (χ0v) is 14.8. The SMILES string of the molecule is Cn1ccnc1CN1C[C@H]2OC(=O)N(CCCN3CCOCC3)[C@H]2C1. The third-order valence-corrected chi connectivity index (χ3v) is 5.46. The van der Waals surface area contributed by atoms with Gasteiger partial charge in [0.15, 0.2) is 0 Å². The molecule has 8 heteroatoms. The monoisotopic (exact) mass is 349 g/mol. The van der Waals surface area contributed by atoms with Crippen LogP contribution in [-0.2, 0) is 23.1 Å². The molecule has 1 amide bonds. The van der Waals surface area contributed by atoms with Crippen LogP contribution in [-0.4, -0.2) is 95.0 Å². The largest absolute Gasteiger partial charge is 0.442 e. The van der Waals surface area contributed by atoms with Gasteiger partial charge in [0.1, 0.15) is 11.9 Å². The lowest BCUT2D eigenvalue weighted by atomic mass is 10.2. The van der Waals surface area contributed by atoms with E-state index < -0.39 is 0 Å². The number of ether oxygens (including phenoxy) is 2.